The Morgan fingerprint density at radius 3 is 2.57 bits per heavy atom. The highest BCUT2D eigenvalue weighted by molar-refractivity contribution is 5.79. The zero-order valence-corrected chi connectivity index (χ0v) is 16.8. The summed E-state index contributed by atoms with van der Waals surface area (Å²) in [6, 6.07) is 10.2. The van der Waals surface area contributed by atoms with Crippen LogP contribution in [-0.2, 0) is 14.3 Å². The Labute approximate surface area is 167 Å². The lowest BCUT2D eigenvalue weighted by Crippen LogP contribution is -2.39. The van der Waals surface area contributed by atoms with Gasteiger partial charge in [-0.25, -0.2) is 0 Å². The number of rotatable bonds is 8. The normalized spacial score (nSPS) is 21.7. The average Bonchev–Trinajstić information content (AvgIpc) is 3.04. The number of amides is 2. The first-order valence-electron chi connectivity index (χ1n) is 10.2. The monoisotopic (exact) mass is 385 g/mol. The van der Waals surface area contributed by atoms with Gasteiger partial charge in [0.15, 0.2) is 0 Å². The second-order valence-corrected chi connectivity index (χ2v) is 7.54. The van der Waals surface area contributed by atoms with E-state index in [-0.39, 0.29) is 17.9 Å². The number of methoxy groups -OCH3 is 1. The van der Waals surface area contributed by atoms with Gasteiger partial charge in [0.25, 0.3) is 0 Å². The zero-order chi connectivity index (χ0) is 19.8. The quantitative estimate of drug-likeness (QED) is 0.686. The molecule has 2 aliphatic heterocycles. The maximum absolute atomic E-state index is 12.7. The Balaban J connectivity index is 1.50. The highest BCUT2D eigenvalue weighted by atomic mass is 16.5. The van der Waals surface area contributed by atoms with Crippen LogP contribution in [0.15, 0.2) is 36.4 Å². The molecule has 1 unspecified atom stereocenters. The predicted octanol–water partition coefficient (Wildman–Crippen LogP) is 1.87. The van der Waals surface area contributed by atoms with E-state index in [1.165, 1.54) is 0 Å². The third-order valence-electron chi connectivity index (χ3n) is 5.43. The van der Waals surface area contributed by atoms with Crippen molar-refractivity contribution in [2.75, 3.05) is 52.9 Å². The van der Waals surface area contributed by atoms with Gasteiger partial charge in [-0.05, 0) is 18.4 Å². The summed E-state index contributed by atoms with van der Waals surface area (Å²) in [4.78, 5) is 30.4. The summed E-state index contributed by atoms with van der Waals surface area (Å²) in [7, 11) is 1.71. The molecule has 0 aliphatic carbocycles. The number of likely N-dealkylation sites (tertiary alicyclic amines) is 1. The molecule has 6 heteroatoms. The molecule has 0 aromatic heterocycles. The predicted molar refractivity (Wildman–Crippen MR) is 110 cm³/mol. The SMILES string of the molecule is COC1CN(CC=Cc2ccccc2)CC(=O)N(CCCN2CCCC2=O)C1. The second kappa shape index (κ2) is 10.4. The van der Waals surface area contributed by atoms with Crippen LogP contribution in [0.4, 0.5) is 0 Å². The van der Waals surface area contributed by atoms with Crippen LogP contribution in [0.1, 0.15) is 24.8 Å². The van der Waals surface area contributed by atoms with Gasteiger partial charge in [0.1, 0.15) is 0 Å². The molecule has 3 rings (SSSR count). The Morgan fingerprint density at radius 1 is 1.07 bits per heavy atom. The van der Waals surface area contributed by atoms with Crippen molar-refractivity contribution in [3.8, 4) is 0 Å². The van der Waals surface area contributed by atoms with Crippen LogP contribution in [0.25, 0.3) is 6.08 Å². The standard InChI is InChI=1S/C22H31N3O3/c1-28-20-16-23(12-5-10-19-8-3-2-4-9-19)18-22(27)25(17-20)15-7-14-24-13-6-11-21(24)26/h2-5,8-10,20H,6-7,11-18H2,1H3. The van der Waals surface area contributed by atoms with Crippen molar-refractivity contribution in [2.45, 2.75) is 25.4 Å². The highest BCUT2D eigenvalue weighted by Gasteiger charge is 2.27. The van der Waals surface area contributed by atoms with Crippen LogP contribution in [0, 0.1) is 0 Å². The first-order chi connectivity index (χ1) is 13.7. The molecule has 152 valence electrons. The molecule has 1 atom stereocenters. The fraction of sp³-hybridized carbons (Fsp3) is 0.545. The van der Waals surface area contributed by atoms with Gasteiger partial charge in [-0.15, -0.1) is 0 Å². The molecule has 28 heavy (non-hydrogen) atoms. The molecule has 0 radical (unpaired) electrons. The summed E-state index contributed by atoms with van der Waals surface area (Å²) in [5.41, 5.74) is 1.16. The number of ether oxygens (including phenoxy) is 1. The smallest absolute Gasteiger partial charge is 0.236 e. The van der Waals surface area contributed by atoms with Gasteiger partial charge in [-0.1, -0.05) is 42.5 Å². The molecular formula is C22H31N3O3. The lowest BCUT2D eigenvalue weighted by Gasteiger charge is -2.24. The number of benzene rings is 1. The maximum Gasteiger partial charge on any atom is 0.236 e. The largest absolute Gasteiger partial charge is 0.378 e. The molecule has 2 amide bonds. The van der Waals surface area contributed by atoms with E-state index in [1.807, 2.05) is 28.0 Å². The van der Waals surface area contributed by atoms with E-state index in [1.54, 1.807) is 7.11 Å². The van der Waals surface area contributed by atoms with Gasteiger partial charge in [0.05, 0.1) is 12.6 Å². The minimum atomic E-state index is 0.00462. The van der Waals surface area contributed by atoms with Gasteiger partial charge >= 0.3 is 0 Å². The van der Waals surface area contributed by atoms with Crippen LogP contribution in [-0.4, -0.2) is 85.5 Å². The molecule has 6 nitrogen and oxygen atoms in total. The van der Waals surface area contributed by atoms with Crippen molar-refractivity contribution in [3.05, 3.63) is 42.0 Å². The number of hydrogen-bond donors (Lipinski definition) is 0. The summed E-state index contributed by atoms with van der Waals surface area (Å²) in [6.45, 7) is 4.75. The van der Waals surface area contributed by atoms with Crippen LogP contribution in [0.3, 0.4) is 0 Å². The Kier molecular flexibility index (Phi) is 7.62. The lowest BCUT2D eigenvalue weighted by molar-refractivity contribution is -0.131. The zero-order valence-electron chi connectivity index (χ0n) is 16.8. The number of carbonyl (C=O) groups excluding carboxylic acids is 2. The van der Waals surface area contributed by atoms with Crippen molar-refractivity contribution in [2.24, 2.45) is 0 Å². The molecule has 2 saturated heterocycles. The summed E-state index contributed by atoms with van der Waals surface area (Å²) in [5.74, 6) is 0.383. The number of hydrogen-bond acceptors (Lipinski definition) is 4. The molecule has 0 spiro atoms. The minimum Gasteiger partial charge on any atom is -0.378 e. The van der Waals surface area contributed by atoms with Crippen molar-refractivity contribution in [3.63, 3.8) is 0 Å². The first kappa shape index (κ1) is 20.6. The molecule has 0 bridgehead atoms. The number of nitrogens with zero attached hydrogens (tertiary/aromatic N) is 3. The Hall–Kier alpha value is -2.18. The van der Waals surface area contributed by atoms with E-state index in [9.17, 15) is 9.59 Å². The molecular weight excluding hydrogens is 354 g/mol. The molecule has 0 saturated carbocycles. The summed E-state index contributed by atoms with van der Waals surface area (Å²) in [5, 5.41) is 0. The summed E-state index contributed by atoms with van der Waals surface area (Å²) in [6.07, 6.45) is 6.64. The molecule has 2 fully saturated rings. The Morgan fingerprint density at radius 2 is 1.86 bits per heavy atom. The highest BCUT2D eigenvalue weighted by Crippen LogP contribution is 2.12. The van der Waals surface area contributed by atoms with Gasteiger partial charge in [0, 0.05) is 52.8 Å². The first-order valence-corrected chi connectivity index (χ1v) is 10.2. The Bertz CT molecular complexity index is 677. The van der Waals surface area contributed by atoms with Crippen molar-refractivity contribution < 1.29 is 14.3 Å². The van der Waals surface area contributed by atoms with E-state index in [0.29, 0.717) is 26.1 Å². The minimum absolute atomic E-state index is 0.00462. The number of carbonyl (C=O) groups is 2. The molecule has 1 aromatic carbocycles. The van der Waals surface area contributed by atoms with E-state index < -0.39 is 0 Å². The molecule has 2 heterocycles. The third kappa shape index (κ3) is 5.91. The maximum atomic E-state index is 12.7. The van der Waals surface area contributed by atoms with Gasteiger partial charge in [-0.3, -0.25) is 14.5 Å². The lowest BCUT2D eigenvalue weighted by atomic mass is 10.2. The van der Waals surface area contributed by atoms with E-state index in [0.717, 1.165) is 44.6 Å². The summed E-state index contributed by atoms with van der Waals surface area (Å²) < 4.78 is 5.62. The third-order valence-corrected chi connectivity index (χ3v) is 5.43. The molecule has 2 aliphatic rings. The van der Waals surface area contributed by atoms with Crippen molar-refractivity contribution in [1.29, 1.82) is 0 Å². The van der Waals surface area contributed by atoms with Crippen LogP contribution in [0.5, 0.6) is 0 Å². The topological polar surface area (TPSA) is 53.1 Å². The van der Waals surface area contributed by atoms with E-state index in [2.05, 4.69) is 29.2 Å². The molecule has 1 aromatic rings. The van der Waals surface area contributed by atoms with Gasteiger partial charge in [0.2, 0.25) is 11.8 Å². The van der Waals surface area contributed by atoms with Crippen molar-refractivity contribution >= 4 is 17.9 Å². The van der Waals surface area contributed by atoms with E-state index >= 15 is 0 Å². The van der Waals surface area contributed by atoms with Gasteiger partial charge < -0.3 is 14.5 Å². The van der Waals surface area contributed by atoms with Crippen LogP contribution >= 0.6 is 0 Å². The van der Waals surface area contributed by atoms with E-state index in [4.69, 9.17) is 4.74 Å². The fourth-order valence-electron chi connectivity index (χ4n) is 3.85. The van der Waals surface area contributed by atoms with Crippen LogP contribution < -0.4 is 0 Å². The van der Waals surface area contributed by atoms with Crippen LogP contribution in [0.2, 0.25) is 0 Å². The second-order valence-electron chi connectivity index (χ2n) is 7.54. The van der Waals surface area contributed by atoms with Crippen molar-refractivity contribution in [1.82, 2.24) is 14.7 Å². The molecule has 0 N–H and O–H groups in total. The summed E-state index contributed by atoms with van der Waals surface area (Å²) >= 11 is 0. The van der Waals surface area contributed by atoms with Gasteiger partial charge in [-0.2, -0.15) is 0 Å². The average molecular weight is 386 g/mol. The fourth-order valence-corrected chi connectivity index (χ4v) is 3.85.